The number of carbonyl (C=O) groups excluding carboxylic acids is 2. The minimum absolute atomic E-state index is 0.000943. The molecular weight excluding hydrogens is 533 g/mol. The van der Waals surface area contributed by atoms with Crippen LogP contribution in [0.1, 0.15) is 40.4 Å². The van der Waals surface area contributed by atoms with Gasteiger partial charge in [0.2, 0.25) is 5.91 Å². The monoisotopic (exact) mass is 560 g/mol. The first-order chi connectivity index (χ1) is 17.3. The Bertz CT molecular complexity index is 1270. The molecule has 1 saturated heterocycles. The standard InChI is InChI=1S/C24H28ClF3N4O4S/c1-2-37(35,36)21-6-5-18(25)9-17(21)12-30-23(34)15-3-4-16(20(10-15)24(26,27)28)13-32-8-7-19(14-32)31-22(33)11-29/h3-6,9-10,19H,2,7-8,11-14,29H2,1H3,(H,30,34)(H,31,33)/t19-/m1/s1. The van der Waals surface area contributed by atoms with Crippen molar-refractivity contribution in [3.63, 3.8) is 0 Å². The van der Waals surface area contributed by atoms with Crippen LogP contribution in [0, 0.1) is 0 Å². The van der Waals surface area contributed by atoms with Crippen LogP contribution in [0.15, 0.2) is 41.3 Å². The van der Waals surface area contributed by atoms with E-state index in [0.717, 1.165) is 6.07 Å². The van der Waals surface area contributed by atoms with Gasteiger partial charge in [0.05, 0.1) is 22.8 Å². The van der Waals surface area contributed by atoms with Gasteiger partial charge < -0.3 is 16.4 Å². The third-order valence-corrected chi connectivity index (χ3v) is 8.13. The smallest absolute Gasteiger partial charge is 0.351 e. The fourth-order valence-corrected chi connectivity index (χ4v) is 5.48. The van der Waals surface area contributed by atoms with Crippen molar-refractivity contribution in [1.82, 2.24) is 15.5 Å². The van der Waals surface area contributed by atoms with Crippen LogP contribution in [-0.4, -0.2) is 56.6 Å². The lowest BCUT2D eigenvalue weighted by Crippen LogP contribution is -2.40. The lowest BCUT2D eigenvalue weighted by Gasteiger charge is -2.20. The van der Waals surface area contributed by atoms with E-state index in [1.165, 1.54) is 37.3 Å². The summed E-state index contributed by atoms with van der Waals surface area (Å²) >= 11 is 5.98. The molecule has 1 heterocycles. The van der Waals surface area contributed by atoms with Gasteiger partial charge in [-0.15, -0.1) is 0 Å². The molecule has 13 heteroatoms. The number of hydrogen-bond donors (Lipinski definition) is 3. The van der Waals surface area contributed by atoms with Crippen LogP contribution in [0.25, 0.3) is 0 Å². The van der Waals surface area contributed by atoms with Gasteiger partial charge in [-0.05, 0) is 47.9 Å². The number of rotatable bonds is 9. The van der Waals surface area contributed by atoms with E-state index in [9.17, 15) is 31.2 Å². The summed E-state index contributed by atoms with van der Waals surface area (Å²) in [5.41, 5.74) is 4.38. The average molecular weight is 561 g/mol. The highest BCUT2D eigenvalue weighted by Crippen LogP contribution is 2.34. The Morgan fingerprint density at radius 1 is 1.16 bits per heavy atom. The molecule has 2 aromatic carbocycles. The number of amides is 2. The molecule has 0 aromatic heterocycles. The van der Waals surface area contributed by atoms with Crippen LogP contribution in [0.3, 0.4) is 0 Å². The van der Waals surface area contributed by atoms with Crippen molar-refractivity contribution in [2.24, 2.45) is 5.73 Å². The third kappa shape index (κ3) is 7.44. The first kappa shape index (κ1) is 28.9. The lowest BCUT2D eigenvalue weighted by atomic mass is 10.0. The first-order valence-electron chi connectivity index (χ1n) is 11.5. The van der Waals surface area contributed by atoms with E-state index in [1.54, 1.807) is 4.90 Å². The van der Waals surface area contributed by atoms with Gasteiger partial charge in [-0.2, -0.15) is 13.2 Å². The van der Waals surface area contributed by atoms with Crippen molar-refractivity contribution < 1.29 is 31.2 Å². The molecule has 0 unspecified atom stereocenters. The van der Waals surface area contributed by atoms with E-state index >= 15 is 0 Å². The molecule has 2 amide bonds. The second-order valence-electron chi connectivity index (χ2n) is 8.70. The minimum Gasteiger partial charge on any atom is -0.351 e. The number of carbonyl (C=O) groups is 2. The van der Waals surface area contributed by atoms with Crippen LogP contribution in [0.4, 0.5) is 13.2 Å². The predicted molar refractivity (Wildman–Crippen MR) is 133 cm³/mol. The van der Waals surface area contributed by atoms with Crippen LogP contribution in [0.2, 0.25) is 5.02 Å². The number of likely N-dealkylation sites (tertiary alicyclic amines) is 1. The zero-order chi connectivity index (χ0) is 27.4. The van der Waals surface area contributed by atoms with Crippen molar-refractivity contribution >= 4 is 33.3 Å². The molecule has 0 aliphatic carbocycles. The van der Waals surface area contributed by atoms with Gasteiger partial charge >= 0.3 is 6.18 Å². The Morgan fingerprint density at radius 3 is 2.54 bits per heavy atom. The van der Waals surface area contributed by atoms with E-state index in [1.807, 2.05) is 0 Å². The van der Waals surface area contributed by atoms with E-state index in [-0.39, 0.29) is 63.9 Å². The minimum atomic E-state index is -4.70. The number of hydrogen-bond acceptors (Lipinski definition) is 6. The maximum absolute atomic E-state index is 13.9. The van der Waals surface area contributed by atoms with Crippen molar-refractivity contribution in [2.75, 3.05) is 25.4 Å². The van der Waals surface area contributed by atoms with E-state index < -0.39 is 27.5 Å². The molecule has 202 valence electrons. The molecular formula is C24H28ClF3N4O4S. The number of benzene rings is 2. The zero-order valence-corrected chi connectivity index (χ0v) is 21.6. The number of nitrogens with two attached hydrogens (primary N) is 1. The predicted octanol–water partition coefficient (Wildman–Crippen LogP) is 2.73. The van der Waals surface area contributed by atoms with Gasteiger partial charge in [0.25, 0.3) is 5.91 Å². The summed E-state index contributed by atoms with van der Waals surface area (Å²) in [6.45, 7) is 1.95. The molecule has 1 atom stereocenters. The maximum Gasteiger partial charge on any atom is 0.416 e. The number of alkyl halides is 3. The van der Waals surface area contributed by atoms with Gasteiger partial charge in [-0.25, -0.2) is 8.42 Å². The molecule has 3 rings (SSSR count). The normalized spacial score (nSPS) is 16.5. The lowest BCUT2D eigenvalue weighted by molar-refractivity contribution is -0.138. The highest BCUT2D eigenvalue weighted by Gasteiger charge is 2.35. The van der Waals surface area contributed by atoms with Crippen LogP contribution in [-0.2, 0) is 33.9 Å². The highest BCUT2D eigenvalue weighted by molar-refractivity contribution is 7.91. The van der Waals surface area contributed by atoms with Gasteiger partial charge in [0.1, 0.15) is 0 Å². The van der Waals surface area contributed by atoms with Crippen LogP contribution >= 0.6 is 11.6 Å². The van der Waals surface area contributed by atoms with Crippen molar-refractivity contribution in [2.45, 2.75) is 43.5 Å². The largest absolute Gasteiger partial charge is 0.416 e. The summed E-state index contributed by atoms with van der Waals surface area (Å²) in [5, 5.41) is 5.48. The molecule has 4 N–H and O–H groups in total. The molecule has 1 aliphatic heterocycles. The van der Waals surface area contributed by atoms with Crippen molar-refractivity contribution in [1.29, 1.82) is 0 Å². The molecule has 0 spiro atoms. The molecule has 37 heavy (non-hydrogen) atoms. The fourth-order valence-electron chi connectivity index (χ4n) is 4.16. The van der Waals surface area contributed by atoms with Gasteiger partial charge in [0.15, 0.2) is 9.84 Å². The van der Waals surface area contributed by atoms with Crippen LogP contribution < -0.4 is 16.4 Å². The highest BCUT2D eigenvalue weighted by atomic mass is 35.5. The summed E-state index contributed by atoms with van der Waals surface area (Å²) < 4.78 is 66.3. The van der Waals surface area contributed by atoms with Crippen LogP contribution in [0.5, 0.6) is 0 Å². The van der Waals surface area contributed by atoms with E-state index in [0.29, 0.717) is 19.5 Å². The topological polar surface area (TPSA) is 122 Å². The van der Waals surface area contributed by atoms with Gasteiger partial charge in [-0.1, -0.05) is 24.6 Å². The summed E-state index contributed by atoms with van der Waals surface area (Å²) in [7, 11) is -3.61. The first-order valence-corrected chi connectivity index (χ1v) is 13.6. The van der Waals surface area contributed by atoms with Crippen molar-refractivity contribution in [3.8, 4) is 0 Å². The Hall–Kier alpha value is -2.67. The third-order valence-electron chi connectivity index (χ3n) is 6.07. The van der Waals surface area contributed by atoms with E-state index in [4.69, 9.17) is 17.3 Å². The molecule has 8 nitrogen and oxygen atoms in total. The zero-order valence-electron chi connectivity index (χ0n) is 20.1. The Labute approximate surface area is 218 Å². The maximum atomic E-state index is 13.9. The summed E-state index contributed by atoms with van der Waals surface area (Å²) in [5.74, 6) is -1.28. The number of sulfone groups is 1. The SMILES string of the molecule is CCS(=O)(=O)c1ccc(Cl)cc1CNC(=O)c1ccc(CN2CC[C@@H](NC(=O)CN)C2)c(C(F)(F)F)c1. The Balaban J connectivity index is 1.76. The second kappa shape index (κ2) is 11.8. The van der Waals surface area contributed by atoms with Crippen molar-refractivity contribution in [3.05, 3.63) is 63.7 Å². The Morgan fingerprint density at radius 2 is 1.89 bits per heavy atom. The molecule has 2 aromatic rings. The average Bonchev–Trinajstić information content (AvgIpc) is 3.28. The molecule has 0 radical (unpaired) electrons. The summed E-state index contributed by atoms with van der Waals surface area (Å²) in [6.07, 6.45) is -4.11. The number of halogens is 4. The molecule has 1 aliphatic rings. The summed E-state index contributed by atoms with van der Waals surface area (Å²) in [6, 6.07) is 7.30. The second-order valence-corrected chi connectivity index (χ2v) is 11.4. The fraction of sp³-hybridized carbons (Fsp3) is 0.417. The Kier molecular flexibility index (Phi) is 9.22. The molecule has 1 fully saturated rings. The van der Waals surface area contributed by atoms with E-state index in [2.05, 4.69) is 10.6 Å². The van der Waals surface area contributed by atoms with Gasteiger partial charge in [0, 0.05) is 42.8 Å². The number of nitrogens with zero attached hydrogens (tertiary/aromatic N) is 1. The van der Waals surface area contributed by atoms with Gasteiger partial charge in [-0.3, -0.25) is 14.5 Å². The number of nitrogens with one attached hydrogen (secondary N) is 2. The molecule has 0 bridgehead atoms. The molecule has 0 saturated carbocycles. The quantitative estimate of drug-likeness (QED) is 0.434. The summed E-state index contributed by atoms with van der Waals surface area (Å²) in [4.78, 5) is 26.0.